The molecule has 4 bridgehead atoms. The summed E-state index contributed by atoms with van der Waals surface area (Å²) in [5.74, 6) is 2.04. The van der Waals surface area contributed by atoms with Crippen molar-refractivity contribution in [1.29, 1.82) is 0 Å². The summed E-state index contributed by atoms with van der Waals surface area (Å²) < 4.78 is 0. The first-order valence-corrected chi connectivity index (χ1v) is 8.08. The summed E-state index contributed by atoms with van der Waals surface area (Å²) in [5.41, 5.74) is -0.260. The van der Waals surface area contributed by atoms with Gasteiger partial charge in [-0.25, -0.2) is 0 Å². The van der Waals surface area contributed by atoms with E-state index in [9.17, 15) is 9.90 Å². The van der Waals surface area contributed by atoms with E-state index in [1.54, 1.807) is 0 Å². The van der Waals surface area contributed by atoms with Gasteiger partial charge in [0.25, 0.3) is 0 Å². The Labute approximate surface area is 115 Å². The van der Waals surface area contributed by atoms with Crippen molar-refractivity contribution in [2.24, 2.45) is 28.6 Å². The van der Waals surface area contributed by atoms with E-state index in [2.05, 4.69) is 5.32 Å². The minimum absolute atomic E-state index is 0.148. The summed E-state index contributed by atoms with van der Waals surface area (Å²) in [6.07, 6.45) is 9.54. The third-order valence-corrected chi connectivity index (χ3v) is 6.92. The largest absolute Gasteiger partial charge is 0.481 e. The molecule has 19 heavy (non-hydrogen) atoms. The first-order chi connectivity index (χ1) is 9.14. The lowest BCUT2D eigenvalue weighted by molar-refractivity contribution is -0.184. The highest BCUT2D eigenvalue weighted by atomic mass is 16.4. The number of hydrogen-bond donors (Lipinski definition) is 2. The molecular formula is C16H25NO2. The number of carboxylic acids is 1. The Hall–Kier alpha value is -0.570. The zero-order chi connectivity index (χ0) is 13.1. The predicted molar refractivity (Wildman–Crippen MR) is 72.8 cm³/mol. The molecule has 1 aliphatic heterocycles. The standard InChI is InChI=1S/C16H25NO2/c18-14(19)16(1-3-17-4-2-16)15-8-11-5-12(9-15)7-13(6-11)10-15/h11-13,17H,1-10H2,(H,18,19). The Balaban J connectivity index is 1.74. The van der Waals surface area contributed by atoms with Gasteiger partial charge in [-0.1, -0.05) is 0 Å². The van der Waals surface area contributed by atoms with Crippen molar-refractivity contribution in [2.75, 3.05) is 13.1 Å². The monoisotopic (exact) mass is 263 g/mol. The molecule has 3 nitrogen and oxygen atoms in total. The second kappa shape index (κ2) is 3.97. The van der Waals surface area contributed by atoms with Crippen LogP contribution in [0.4, 0.5) is 0 Å². The Morgan fingerprint density at radius 3 is 1.84 bits per heavy atom. The molecule has 5 aliphatic rings. The smallest absolute Gasteiger partial charge is 0.310 e. The number of carbonyl (C=O) groups is 1. The zero-order valence-corrected chi connectivity index (χ0v) is 11.7. The summed E-state index contributed by atoms with van der Waals surface area (Å²) in [6.45, 7) is 1.79. The lowest BCUT2D eigenvalue weighted by Gasteiger charge is -2.63. The van der Waals surface area contributed by atoms with E-state index in [4.69, 9.17) is 0 Å². The zero-order valence-electron chi connectivity index (χ0n) is 11.7. The minimum atomic E-state index is -0.490. The maximum Gasteiger partial charge on any atom is 0.310 e. The molecule has 0 radical (unpaired) electrons. The van der Waals surface area contributed by atoms with Crippen molar-refractivity contribution in [3.8, 4) is 0 Å². The third-order valence-electron chi connectivity index (χ3n) is 6.92. The van der Waals surface area contributed by atoms with Gasteiger partial charge in [0.2, 0.25) is 0 Å². The van der Waals surface area contributed by atoms with Gasteiger partial charge in [0.05, 0.1) is 5.41 Å². The summed E-state index contributed by atoms with van der Waals surface area (Å²) in [7, 11) is 0. The third kappa shape index (κ3) is 1.57. The topological polar surface area (TPSA) is 49.3 Å². The SMILES string of the molecule is O=C(O)C1(C23CC4CC(CC(C4)C2)C3)CCNCC1. The first-order valence-electron chi connectivity index (χ1n) is 8.08. The molecule has 0 unspecified atom stereocenters. The van der Waals surface area contributed by atoms with E-state index in [-0.39, 0.29) is 5.41 Å². The van der Waals surface area contributed by atoms with Gasteiger partial charge < -0.3 is 10.4 Å². The van der Waals surface area contributed by atoms with Gasteiger partial charge >= 0.3 is 5.97 Å². The van der Waals surface area contributed by atoms with Gasteiger partial charge in [0, 0.05) is 0 Å². The number of piperidine rings is 1. The van der Waals surface area contributed by atoms with Crippen LogP contribution >= 0.6 is 0 Å². The van der Waals surface area contributed by atoms with E-state index in [1.165, 1.54) is 38.5 Å². The molecule has 0 spiro atoms. The number of nitrogens with one attached hydrogen (secondary N) is 1. The van der Waals surface area contributed by atoms with E-state index in [1.807, 2.05) is 0 Å². The predicted octanol–water partition coefficient (Wildman–Crippen LogP) is 2.66. The molecule has 106 valence electrons. The van der Waals surface area contributed by atoms with Gasteiger partial charge in [0.15, 0.2) is 0 Å². The molecule has 5 rings (SSSR count). The van der Waals surface area contributed by atoms with Crippen LogP contribution in [-0.2, 0) is 4.79 Å². The fraction of sp³-hybridized carbons (Fsp3) is 0.938. The molecule has 3 heteroatoms. The average molecular weight is 263 g/mol. The van der Waals surface area contributed by atoms with Gasteiger partial charge in [0.1, 0.15) is 0 Å². The fourth-order valence-electron chi connectivity index (χ4n) is 6.52. The van der Waals surface area contributed by atoms with Crippen molar-refractivity contribution in [3.63, 3.8) is 0 Å². The van der Waals surface area contributed by atoms with Crippen LogP contribution in [0.3, 0.4) is 0 Å². The summed E-state index contributed by atoms with van der Waals surface area (Å²) in [6, 6.07) is 0. The number of aliphatic carboxylic acids is 1. The molecule has 0 aromatic heterocycles. The molecule has 0 aromatic rings. The lowest BCUT2D eigenvalue weighted by atomic mass is 9.41. The van der Waals surface area contributed by atoms with Crippen LogP contribution < -0.4 is 5.32 Å². The summed E-state index contributed by atoms with van der Waals surface area (Å²) in [5, 5.41) is 13.4. The molecule has 0 atom stereocenters. The number of rotatable bonds is 2. The second-order valence-electron chi connectivity index (χ2n) is 7.84. The molecule has 4 saturated carbocycles. The Kier molecular flexibility index (Phi) is 2.55. The molecular weight excluding hydrogens is 238 g/mol. The Bertz CT molecular complexity index is 362. The minimum Gasteiger partial charge on any atom is -0.481 e. The van der Waals surface area contributed by atoms with Crippen LogP contribution in [0, 0.1) is 28.6 Å². The lowest BCUT2D eigenvalue weighted by Crippen LogP contribution is -2.60. The van der Waals surface area contributed by atoms with Crippen molar-refractivity contribution < 1.29 is 9.90 Å². The molecule has 0 amide bonds. The van der Waals surface area contributed by atoms with E-state index >= 15 is 0 Å². The quantitative estimate of drug-likeness (QED) is 0.805. The molecule has 4 aliphatic carbocycles. The van der Waals surface area contributed by atoms with Crippen LogP contribution in [0.15, 0.2) is 0 Å². The van der Waals surface area contributed by atoms with Gasteiger partial charge in [-0.05, 0) is 87.6 Å². The molecule has 2 N–H and O–H groups in total. The van der Waals surface area contributed by atoms with Crippen molar-refractivity contribution >= 4 is 5.97 Å². The fourth-order valence-corrected chi connectivity index (χ4v) is 6.52. The normalized spacial score (nSPS) is 47.3. The van der Waals surface area contributed by atoms with Crippen LogP contribution in [0.1, 0.15) is 51.4 Å². The van der Waals surface area contributed by atoms with E-state index in [0.29, 0.717) is 0 Å². The maximum absolute atomic E-state index is 12.2. The Morgan fingerprint density at radius 2 is 1.42 bits per heavy atom. The second-order valence-corrected chi connectivity index (χ2v) is 7.84. The van der Waals surface area contributed by atoms with Gasteiger partial charge in [-0.2, -0.15) is 0 Å². The van der Waals surface area contributed by atoms with Gasteiger partial charge in [-0.15, -0.1) is 0 Å². The Morgan fingerprint density at radius 1 is 0.947 bits per heavy atom. The summed E-state index contributed by atoms with van der Waals surface area (Å²) >= 11 is 0. The van der Waals surface area contributed by atoms with E-state index < -0.39 is 11.4 Å². The summed E-state index contributed by atoms with van der Waals surface area (Å²) in [4.78, 5) is 12.2. The van der Waals surface area contributed by atoms with E-state index in [0.717, 1.165) is 43.7 Å². The van der Waals surface area contributed by atoms with Crippen LogP contribution in [0.5, 0.6) is 0 Å². The van der Waals surface area contributed by atoms with Crippen molar-refractivity contribution in [3.05, 3.63) is 0 Å². The van der Waals surface area contributed by atoms with Crippen LogP contribution in [-0.4, -0.2) is 24.2 Å². The van der Waals surface area contributed by atoms with Crippen molar-refractivity contribution in [2.45, 2.75) is 51.4 Å². The van der Waals surface area contributed by atoms with Crippen LogP contribution in [0.25, 0.3) is 0 Å². The number of hydrogen-bond acceptors (Lipinski definition) is 2. The van der Waals surface area contributed by atoms with Gasteiger partial charge in [-0.3, -0.25) is 4.79 Å². The highest BCUT2D eigenvalue weighted by Crippen LogP contribution is 2.67. The van der Waals surface area contributed by atoms with Crippen molar-refractivity contribution in [1.82, 2.24) is 5.32 Å². The highest BCUT2D eigenvalue weighted by molar-refractivity contribution is 5.76. The molecule has 1 saturated heterocycles. The first kappa shape index (κ1) is 12.2. The maximum atomic E-state index is 12.2. The number of carboxylic acid groups (broad SMARTS) is 1. The average Bonchev–Trinajstić information content (AvgIpc) is 2.37. The molecule has 0 aromatic carbocycles. The van der Waals surface area contributed by atoms with Crippen LogP contribution in [0.2, 0.25) is 0 Å². The highest BCUT2D eigenvalue weighted by Gasteiger charge is 2.63. The molecule has 5 fully saturated rings. The molecule has 1 heterocycles.